The van der Waals surface area contributed by atoms with Crippen molar-refractivity contribution in [2.45, 2.75) is 12.8 Å². The topological polar surface area (TPSA) is 98.5 Å². The minimum Gasteiger partial charge on any atom is -0.385 e. The second-order valence-electron chi connectivity index (χ2n) is 3.98. The van der Waals surface area contributed by atoms with Gasteiger partial charge in [0.1, 0.15) is 0 Å². The predicted molar refractivity (Wildman–Crippen MR) is 78.7 cm³/mol. The Bertz CT molecular complexity index is 413. The fourth-order valence-electron chi connectivity index (χ4n) is 1.46. The first-order chi connectivity index (χ1) is 9.69. The number of hydrogen-bond acceptors (Lipinski definition) is 8. The molecule has 20 heavy (non-hydrogen) atoms. The minimum atomic E-state index is -0.420. The van der Waals surface area contributed by atoms with Crippen LogP contribution >= 0.6 is 11.3 Å². The van der Waals surface area contributed by atoms with Gasteiger partial charge in [-0.1, -0.05) is 0 Å². The maximum atomic E-state index is 11.0. The number of hydrogen-bond donors (Lipinski definition) is 2. The number of thiazole rings is 1. The van der Waals surface area contributed by atoms with E-state index in [1.807, 2.05) is 0 Å². The van der Waals surface area contributed by atoms with E-state index in [0.717, 1.165) is 24.2 Å². The molecule has 0 fully saturated rings. The Kier molecular flexibility index (Phi) is 7.85. The van der Waals surface area contributed by atoms with Gasteiger partial charge in [-0.25, -0.2) is 0 Å². The molecule has 0 aliphatic heterocycles. The lowest BCUT2D eigenvalue weighted by molar-refractivity contribution is -0.379. The highest BCUT2D eigenvalue weighted by Crippen LogP contribution is 2.34. The van der Waals surface area contributed by atoms with Gasteiger partial charge < -0.3 is 20.1 Å². The van der Waals surface area contributed by atoms with Gasteiger partial charge in [0, 0.05) is 40.5 Å². The number of nitrogens with one attached hydrogen (secondary N) is 2. The summed E-state index contributed by atoms with van der Waals surface area (Å²) in [5, 5.41) is 17.6. The van der Waals surface area contributed by atoms with Crippen molar-refractivity contribution in [2.24, 2.45) is 0 Å². The van der Waals surface area contributed by atoms with E-state index in [0.29, 0.717) is 37.3 Å². The molecule has 9 heteroatoms. The number of ether oxygens (including phenoxy) is 2. The van der Waals surface area contributed by atoms with Crippen LogP contribution in [0.25, 0.3) is 0 Å². The van der Waals surface area contributed by atoms with E-state index < -0.39 is 4.92 Å². The predicted octanol–water partition coefficient (Wildman–Crippen LogP) is 1.95. The molecule has 2 N–H and O–H groups in total. The number of anilines is 2. The summed E-state index contributed by atoms with van der Waals surface area (Å²) in [7, 11) is 3.25. The summed E-state index contributed by atoms with van der Waals surface area (Å²) in [5.74, 6) is 0.311. The number of methoxy groups -OCH3 is 2. The Hall–Kier alpha value is -1.45. The Morgan fingerprint density at radius 2 is 1.80 bits per heavy atom. The lowest BCUT2D eigenvalue weighted by atomic mass is 10.4. The zero-order valence-corrected chi connectivity index (χ0v) is 12.5. The van der Waals surface area contributed by atoms with Crippen LogP contribution in [0.5, 0.6) is 0 Å². The molecule has 0 saturated heterocycles. The van der Waals surface area contributed by atoms with Gasteiger partial charge in [-0.2, -0.15) is 4.98 Å². The highest BCUT2D eigenvalue weighted by Gasteiger charge is 2.20. The highest BCUT2D eigenvalue weighted by molar-refractivity contribution is 7.19. The fourth-order valence-corrected chi connectivity index (χ4v) is 2.25. The third-order valence-corrected chi connectivity index (χ3v) is 3.36. The monoisotopic (exact) mass is 304 g/mol. The molecule has 0 aliphatic rings. The first kappa shape index (κ1) is 16.6. The maximum Gasteiger partial charge on any atom is 0.369 e. The minimum absolute atomic E-state index is 0.0247. The average molecular weight is 304 g/mol. The molecular weight excluding hydrogens is 284 g/mol. The molecule has 0 aliphatic carbocycles. The molecule has 114 valence electrons. The Labute approximate surface area is 121 Å². The van der Waals surface area contributed by atoms with Crippen molar-refractivity contribution in [3.63, 3.8) is 0 Å². The quantitative estimate of drug-likeness (QED) is 0.366. The van der Waals surface area contributed by atoms with Crippen LogP contribution in [0, 0.1) is 10.1 Å². The van der Waals surface area contributed by atoms with E-state index in [2.05, 4.69) is 15.6 Å². The molecule has 0 spiro atoms. The maximum absolute atomic E-state index is 11.0. The van der Waals surface area contributed by atoms with E-state index in [9.17, 15) is 10.1 Å². The third-order valence-electron chi connectivity index (χ3n) is 2.39. The van der Waals surface area contributed by atoms with E-state index >= 15 is 0 Å². The Balaban J connectivity index is 2.53. The van der Waals surface area contributed by atoms with Crippen molar-refractivity contribution in [1.82, 2.24) is 4.98 Å². The zero-order valence-electron chi connectivity index (χ0n) is 11.7. The molecule has 1 heterocycles. The molecule has 0 aromatic carbocycles. The molecule has 1 aromatic heterocycles. The summed E-state index contributed by atoms with van der Waals surface area (Å²) in [5.41, 5.74) is 0. The van der Waals surface area contributed by atoms with Crippen LogP contribution < -0.4 is 10.6 Å². The second-order valence-corrected chi connectivity index (χ2v) is 4.95. The number of nitrogens with zero attached hydrogens (tertiary/aromatic N) is 2. The molecule has 0 unspecified atom stereocenters. The lowest BCUT2D eigenvalue weighted by Crippen LogP contribution is -2.07. The van der Waals surface area contributed by atoms with Crippen molar-refractivity contribution in [3.8, 4) is 0 Å². The fraction of sp³-hybridized carbons (Fsp3) is 0.727. The highest BCUT2D eigenvalue weighted by atomic mass is 32.1. The van der Waals surface area contributed by atoms with Gasteiger partial charge in [0.2, 0.25) is 5.82 Å². The molecule has 0 radical (unpaired) electrons. The molecule has 0 atom stereocenters. The van der Waals surface area contributed by atoms with Crippen molar-refractivity contribution < 1.29 is 14.4 Å². The second kappa shape index (κ2) is 9.45. The van der Waals surface area contributed by atoms with E-state index in [1.165, 1.54) is 0 Å². The summed E-state index contributed by atoms with van der Waals surface area (Å²) >= 11 is 1.03. The molecular formula is C11H20N4O4S. The Morgan fingerprint density at radius 3 is 2.35 bits per heavy atom. The zero-order chi connectivity index (χ0) is 14.8. The summed E-state index contributed by atoms with van der Waals surface area (Å²) < 4.78 is 9.86. The summed E-state index contributed by atoms with van der Waals surface area (Å²) in [4.78, 5) is 14.7. The van der Waals surface area contributed by atoms with E-state index in [1.54, 1.807) is 14.2 Å². The molecule has 0 bridgehead atoms. The standard InChI is InChI=1S/C11H20N4O4S/c1-18-7-3-5-12-9-10(15(16)17)20-11(14-9)13-6-4-8-19-2/h12H,3-8H2,1-2H3,(H,13,14). The van der Waals surface area contributed by atoms with Gasteiger partial charge in [-0.3, -0.25) is 10.1 Å². The van der Waals surface area contributed by atoms with Crippen molar-refractivity contribution in [2.75, 3.05) is 51.2 Å². The first-order valence-electron chi connectivity index (χ1n) is 6.30. The number of rotatable bonds is 11. The van der Waals surface area contributed by atoms with Gasteiger partial charge in [0.15, 0.2) is 5.13 Å². The lowest BCUT2D eigenvalue weighted by Gasteiger charge is -2.02. The van der Waals surface area contributed by atoms with E-state index in [4.69, 9.17) is 9.47 Å². The molecule has 1 rings (SSSR count). The number of aromatic nitrogens is 1. The third kappa shape index (κ3) is 5.68. The first-order valence-corrected chi connectivity index (χ1v) is 7.11. The molecule has 0 saturated carbocycles. The van der Waals surface area contributed by atoms with Gasteiger partial charge in [-0.05, 0) is 24.2 Å². The summed E-state index contributed by atoms with van der Waals surface area (Å²) in [6.45, 7) is 2.50. The van der Waals surface area contributed by atoms with Gasteiger partial charge in [0.25, 0.3) is 0 Å². The Morgan fingerprint density at radius 1 is 1.20 bits per heavy atom. The van der Waals surface area contributed by atoms with Crippen molar-refractivity contribution in [1.29, 1.82) is 0 Å². The summed E-state index contributed by atoms with van der Waals surface area (Å²) in [6.07, 6.45) is 1.59. The van der Waals surface area contributed by atoms with Crippen LogP contribution in [0.1, 0.15) is 12.8 Å². The largest absolute Gasteiger partial charge is 0.385 e. The number of nitro groups is 1. The van der Waals surface area contributed by atoms with Gasteiger partial charge >= 0.3 is 5.00 Å². The van der Waals surface area contributed by atoms with Gasteiger partial charge in [-0.15, -0.1) is 0 Å². The smallest absolute Gasteiger partial charge is 0.369 e. The van der Waals surface area contributed by atoms with E-state index in [-0.39, 0.29) is 5.00 Å². The molecule has 0 amide bonds. The van der Waals surface area contributed by atoms with Crippen LogP contribution in [-0.2, 0) is 9.47 Å². The molecule has 1 aromatic rings. The van der Waals surface area contributed by atoms with Crippen LogP contribution in [0.4, 0.5) is 16.0 Å². The van der Waals surface area contributed by atoms with Crippen molar-refractivity contribution >= 4 is 27.3 Å². The normalized spacial score (nSPS) is 10.5. The van der Waals surface area contributed by atoms with Crippen LogP contribution in [-0.4, -0.2) is 50.4 Å². The summed E-state index contributed by atoms with van der Waals surface area (Å²) in [6, 6.07) is 0. The average Bonchev–Trinajstić information content (AvgIpc) is 2.83. The van der Waals surface area contributed by atoms with Crippen LogP contribution in [0.2, 0.25) is 0 Å². The van der Waals surface area contributed by atoms with Gasteiger partial charge in [0.05, 0.1) is 4.92 Å². The van der Waals surface area contributed by atoms with Crippen molar-refractivity contribution in [3.05, 3.63) is 10.1 Å². The SMILES string of the molecule is COCCCNc1nc(NCCCOC)c([N+](=O)[O-])s1. The van der Waals surface area contributed by atoms with Crippen LogP contribution in [0.15, 0.2) is 0 Å². The molecule has 8 nitrogen and oxygen atoms in total. The van der Waals surface area contributed by atoms with Crippen LogP contribution in [0.3, 0.4) is 0 Å².